The maximum atomic E-state index is 13.5. The molecular formula is C31H34N2O10S2. The first kappa shape index (κ1) is 32.5. The van der Waals surface area contributed by atoms with E-state index in [1.807, 2.05) is 13.8 Å². The summed E-state index contributed by atoms with van der Waals surface area (Å²) >= 11 is 0.950. The fourth-order valence-electron chi connectivity index (χ4n) is 4.67. The lowest BCUT2D eigenvalue weighted by atomic mass is 10.1. The first-order valence-electron chi connectivity index (χ1n) is 14.6. The third-order valence-electron chi connectivity index (χ3n) is 7.14. The molecule has 1 amide bonds. The van der Waals surface area contributed by atoms with Crippen molar-refractivity contribution in [1.29, 1.82) is 0 Å². The van der Waals surface area contributed by atoms with Gasteiger partial charge in [0, 0.05) is 13.2 Å². The van der Waals surface area contributed by atoms with Gasteiger partial charge in [-0.1, -0.05) is 43.4 Å². The van der Waals surface area contributed by atoms with Crippen LogP contribution in [0.1, 0.15) is 71.9 Å². The van der Waals surface area contributed by atoms with Gasteiger partial charge in [0.2, 0.25) is 5.06 Å². The number of ether oxygens (including phenoxy) is 4. The summed E-state index contributed by atoms with van der Waals surface area (Å²) < 4.78 is 48.0. The van der Waals surface area contributed by atoms with Crippen molar-refractivity contribution >= 4 is 44.2 Å². The number of carboxylic acids is 1. The highest BCUT2D eigenvalue weighted by molar-refractivity contribution is 7.92. The van der Waals surface area contributed by atoms with Gasteiger partial charge in [0.1, 0.15) is 11.3 Å². The zero-order chi connectivity index (χ0) is 32.1. The second kappa shape index (κ2) is 14.1. The highest BCUT2D eigenvalue weighted by atomic mass is 32.2. The van der Waals surface area contributed by atoms with Crippen LogP contribution in [0.3, 0.4) is 0 Å². The lowest BCUT2D eigenvalue weighted by molar-refractivity contribution is -0.136. The van der Waals surface area contributed by atoms with E-state index < -0.39 is 33.8 Å². The topological polar surface area (TPSA) is 167 Å². The largest absolute Gasteiger partial charge is 0.478 e. The number of hydrogen-bond donors (Lipinski definition) is 2. The molecule has 2 N–H and O–H groups in total. The van der Waals surface area contributed by atoms with E-state index in [0.717, 1.165) is 11.3 Å². The van der Waals surface area contributed by atoms with Crippen molar-refractivity contribution < 1.29 is 46.9 Å². The molecule has 14 heteroatoms. The summed E-state index contributed by atoms with van der Waals surface area (Å²) in [4.78, 5) is 42.6. The highest BCUT2D eigenvalue weighted by Gasteiger charge is 2.37. The lowest BCUT2D eigenvalue weighted by Gasteiger charge is -2.27. The molecule has 240 valence electrons. The monoisotopic (exact) mass is 658 g/mol. The molecular weight excluding hydrogens is 624 g/mol. The van der Waals surface area contributed by atoms with Crippen molar-refractivity contribution in [3.8, 4) is 10.8 Å². The van der Waals surface area contributed by atoms with Gasteiger partial charge in [0.15, 0.2) is 21.1 Å². The van der Waals surface area contributed by atoms with E-state index in [4.69, 9.17) is 18.9 Å². The average molecular weight is 659 g/mol. The minimum Gasteiger partial charge on any atom is -0.478 e. The Balaban J connectivity index is 1.33. The number of carbonyl (C=O) groups is 3. The third-order valence-corrected chi connectivity index (χ3v) is 10.2. The summed E-state index contributed by atoms with van der Waals surface area (Å²) in [6, 6.07) is 10.4. The Morgan fingerprint density at radius 3 is 2.42 bits per heavy atom. The number of anilines is 1. The molecule has 3 aromatic rings. The van der Waals surface area contributed by atoms with Crippen LogP contribution in [0.25, 0.3) is 0 Å². The van der Waals surface area contributed by atoms with Crippen LogP contribution in [0.15, 0.2) is 53.6 Å². The van der Waals surface area contributed by atoms with E-state index in [1.165, 1.54) is 36.5 Å². The Morgan fingerprint density at radius 1 is 1.07 bits per heavy atom. The number of thiazole rings is 1. The quantitative estimate of drug-likeness (QED) is 0.230. The maximum Gasteiger partial charge on any atom is 0.340 e. The van der Waals surface area contributed by atoms with Gasteiger partial charge < -0.3 is 24.1 Å². The third kappa shape index (κ3) is 8.06. The summed E-state index contributed by atoms with van der Waals surface area (Å²) in [5.74, 6) is -2.70. The van der Waals surface area contributed by atoms with Gasteiger partial charge in [0.05, 0.1) is 34.6 Å². The number of carboxylic acid groups (broad SMARTS) is 1. The molecule has 12 nitrogen and oxygen atoms in total. The summed E-state index contributed by atoms with van der Waals surface area (Å²) in [6.07, 6.45) is 2.51. The van der Waals surface area contributed by atoms with E-state index in [2.05, 4.69) is 10.3 Å². The molecule has 1 aliphatic carbocycles. The molecule has 5 rings (SSSR count). The molecule has 1 saturated carbocycles. The maximum absolute atomic E-state index is 13.5. The summed E-state index contributed by atoms with van der Waals surface area (Å²) in [5, 5.41) is 12.6. The Labute approximate surface area is 264 Å². The van der Waals surface area contributed by atoms with Gasteiger partial charge in [-0.15, -0.1) is 0 Å². The van der Waals surface area contributed by atoms with E-state index in [-0.39, 0.29) is 55.8 Å². The standard InChI is InChI=1S/C31H34N2O10S2/c1-18(2)17-41-30(37)23-4-3-5-24(26(23)29(35)36)43-25-16-32-31(44-25)33-28(34)27(42-20-12-14-40-15-13-20)19-6-8-21(9-7-19)45(38,39)22-10-11-22/h3-9,16,18,20,22,27H,10-15,17H2,1-2H3,(H,35,36)(H,32,33,34). The number of carbonyl (C=O) groups excluding carboxylic acids is 2. The lowest BCUT2D eigenvalue weighted by Crippen LogP contribution is -2.31. The molecule has 1 aliphatic heterocycles. The molecule has 2 aliphatic rings. The number of aromatic nitrogens is 1. The number of benzene rings is 2. The minimum atomic E-state index is -3.39. The number of aromatic carboxylic acids is 1. The summed E-state index contributed by atoms with van der Waals surface area (Å²) in [6.45, 7) is 4.86. The number of hydrogen-bond acceptors (Lipinski definition) is 11. The zero-order valence-electron chi connectivity index (χ0n) is 24.8. The molecule has 2 aromatic carbocycles. The van der Waals surface area contributed by atoms with Crippen molar-refractivity contribution in [1.82, 2.24) is 4.98 Å². The molecule has 1 aromatic heterocycles. The number of nitrogens with one attached hydrogen (secondary N) is 1. The minimum absolute atomic E-state index is 0.0667. The number of amides is 1. The molecule has 2 fully saturated rings. The summed E-state index contributed by atoms with van der Waals surface area (Å²) in [5.41, 5.74) is -0.0286. The summed E-state index contributed by atoms with van der Waals surface area (Å²) in [7, 11) is -3.39. The van der Waals surface area contributed by atoms with Gasteiger partial charge in [-0.25, -0.2) is 23.0 Å². The van der Waals surface area contributed by atoms with Crippen molar-refractivity contribution in [2.75, 3.05) is 25.1 Å². The molecule has 45 heavy (non-hydrogen) atoms. The Bertz CT molecular complexity index is 1640. The van der Waals surface area contributed by atoms with Crippen molar-refractivity contribution in [3.63, 3.8) is 0 Å². The van der Waals surface area contributed by atoms with E-state index in [1.54, 1.807) is 12.1 Å². The normalized spacial score (nSPS) is 16.2. The number of nitrogens with zero attached hydrogens (tertiary/aromatic N) is 1. The second-order valence-corrected chi connectivity index (χ2v) is 14.4. The predicted molar refractivity (Wildman–Crippen MR) is 164 cm³/mol. The van der Waals surface area contributed by atoms with Gasteiger partial charge in [-0.3, -0.25) is 10.1 Å². The van der Waals surface area contributed by atoms with Crippen molar-refractivity contribution in [2.24, 2.45) is 5.92 Å². The fraction of sp³-hybridized carbons (Fsp3) is 0.419. The SMILES string of the molecule is CC(C)COC(=O)c1cccc(Oc2cnc(NC(=O)C(OC3CCOCC3)c3ccc(S(=O)(=O)C4CC4)cc3)s2)c1C(=O)O. The number of esters is 1. The van der Waals surface area contributed by atoms with E-state index in [9.17, 15) is 27.9 Å². The van der Waals surface area contributed by atoms with Gasteiger partial charge in [0.25, 0.3) is 5.91 Å². The van der Waals surface area contributed by atoms with Crippen LogP contribution in [0, 0.1) is 5.92 Å². The van der Waals surface area contributed by atoms with Gasteiger partial charge >= 0.3 is 11.9 Å². The first-order chi connectivity index (χ1) is 21.5. The molecule has 1 atom stereocenters. The number of rotatable bonds is 13. The zero-order valence-corrected chi connectivity index (χ0v) is 26.4. The highest BCUT2D eigenvalue weighted by Crippen LogP contribution is 2.36. The predicted octanol–water partition coefficient (Wildman–Crippen LogP) is 5.26. The van der Waals surface area contributed by atoms with E-state index in [0.29, 0.717) is 44.5 Å². The number of sulfone groups is 1. The Hall–Kier alpha value is -3.85. The fourth-order valence-corrected chi connectivity index (χ4v) is 7.01. The van der Waals surface area contributed by atoms with Crippen LogP contribution in [0.5, 0.6) is 10.8 Å². The van der Waals surface area contributed by atoms with Crippen LogP contribution in [-0.2, 0) is 28.8 Å². The van der Waals surface area contributed by atoms with Crippen LogP contribution in [0.2, 0.25) is 0 Å². The molecule has 2 heterocycles. The van der Waals surface area contributed by atoms with Crippen molar-refractivity contribution in [3.05, 3.63) is 65.4 Å². The second-order valence-electron chi connectivity index (χ2n) is 11.2. The van der Waals surface area contributed by atoms with Gasteiger partial charge in [-0.2, -0.15) is 0 Å². The Kier molecular flexibility index (Phi) is 10.2. The molecule has 0 bridgehead atoms. The molecule has 1 unspecified atom stereocenters. The average Bonchev–Trinajstić information content (AvgIpc) is 3.80. The van der Waals surface area contributed by atoms with Crippen LogP contribution in [0.4, 0.5) is 5.13 Å². The molecule has 0 radical (unpaired) electrons. The van der Waals surface area contributed by atoms with Crippen LogP contribution in [-0.4, -0.2) is 67.5 Å². The van der Waals surface area contributed by atoms with Crippen LogP contribution < -0.4 is 10.1 Å². The molecule has 1 saturated heterocycles. The Morgan fingerprint density at radius 2 is 1.78 bits per heavy atom. The van der Waals surface area contributed by atoms with Crippen molar-refractivity contribution in [2.45, 2.75) is 61.9 Å². The van der Waals surface area contributed by atoms with Crippen LogP contribution >= 0.6 is 11.3 Å². The first-order valence-corrected chi connectivity index (χ1v) is 16.9. The molecule has 0 spiro atoms. The van der Waals surface area contributed by atoms with E-state index >= 15 is 0 Å². The van der Waals surface area contributed by atoms with Gasteiger partial charge in [-0.05, 0) is 61.4 Å². The smallest absolute Gasteiger partial charge is 0.340 e.